The van der Waals surface area contributed by atoms with E-state index in [0.29, 0.717) is 29.1 Å². The third kappa shape index (κ3) is 4.03. The molecule has 3 rings (SSSR count). The van der Waals surface area contributed by atoms with Crippen LogP contribution >= 0.6 is 11.6 Å². The predicted molar refractivity (Wildman–Crippen MR) is 103 cm³/mol. The molecule has 0 radical (unpaired) electrons. The first-order chi connectivity index (χ1) is 12.9. The number of imide groups is 1. The summed E-state index contributed by atoms with van der Waals surface area (Å²) in [5.74, 6) is -1.03. The van der Waals surface area contributed by atoms with Crippen molar-refractivity contribution in [3.63, 3.8) is 0 Å². The maximum atomic E-state index is 12.9. The van der Waals surface area contributed by atoms with Gasteiger partial charge in [-0.15, -0.1) is 0 Å². The Morgan fingerprint density at radius 3 is 2.07 bits per heavy atom. The lowest BCUT2D eigenvalue weighted by Gasteiger charge is -2.26. The molecule has 1 atom stereocenters. The highest BCUT2D eigenvalue weighted by molar-refractivity contribution is 6.30. The van der Waals surface area contributed by atoms with Gasteiger partial charge in [-0.1, -0.05) is 49.7 Å². The van der Waals surface area contributed by atoms with Crippen molar-refractivity contribution in [1.29, 1.82) is 0 Å². The van der Waals surface area contributed by atoms with Crippen LogP contribution in [-0.4, -0.2) is 28.7 Å². The molecule has 0 fully saturated rings. The molecule has 0 bridgehead atoms. The second kappa shape index (κ2) is 7.92. The summed E-state index contributed by atoms with van der Waals surface area (Å²) in [7, 11) is 0. The number of hydrogen-bond acceptors (Lipinski definition) is 3. The van der Waals surface area contributed by atoms with Crippen LogP contribution in [-0.2, 0) is 11.3 Å². The fraction of sp³-hybridized carbons (Fsp3) is 0.286. The van der Waals surface area contributed by atoms with Crippen molar-refractivity contribution in [2.45, 2.75) is 32.9 Å². The highest BCUT2D eigenvalue weighted by atomic mass is 35.5. The van der Waals surface area contributed by atoms with Gasteiger partial charge in [0.25, 0.3) is 11.8 Å². The van der Waals surface area contributed by atoms with E-state index in [-0.39, 0.29) is 11.8 Å². The summed E-state index contributed by atoms with van der Waals surface area (Å²) in [6, 6.07) is 13.0. The minimum atomic E-state index is -0.843. The van der Waals surface area contributed by atoms with Crippen LogP contribution < -0.4 is 5.32 Å². The van der Waals surface area contributed by atoms with E-state index in [1.165, 1.54) is 0 Å². The minimum Gasteiger partial charge on any atom is -0.350 e. The van der Waals surface area contributed by atoms with Crippen LogP contribution in [0.3, 0.4) is 0 Å². The molecule has 1 heterocycles. The first-order valence-corrected chi connectivity index (χ1v) is 9.25. The van der Waals surface area contributed by atoms with Crippen molar-refractivity contribution >= 4 is 29.3 Å². The summed E-state index contributed by atoms with van der Waals surface area (Å²) in [6.45, 7) is 4.21. The number of fused-ring (bicyclic) bond motifs is 1. The number of nitrogens with one attached hydrogen (secondary N) is 1. The Morgan fingerprint density at radius 1 is 1.00 bits per heavy atom. The molecule has 0 unspecified atom stereocenters. The van der Waals surface area contributed by atoms with Gasteiger partial charge in [-0.25, -0.2) is 0 Å². The molecule has 0 saturated carbocycles. The zero-order valence-corrected chi connectivity index (χ0v) is 16.0. The number of halogens is 1. The quantitative estimate of drug-likeness (QED) is 0.773. The Morgan fingerprint density at radius 2 is 1.56 bits per heavy atom. The number of rotatable bonds is 6. The molecular weight excluding hydrogens is 364 g/mol. The summed E-state index contributed by atoms with van der Waals surface area (Å²) < 4.78 is 0. The lowest BCUT2D eigenvalue weighted by atomic mass is 10.0. The fourth-order valence-electron chi connectivity index (χ4n) is 3.18. The van der Waals surface area contributed by atoms with Crippen molar-refractivity contribution in [2.75, 3.05) is 0 Å². The highest BCUT2D eigenvalue weighted by Crippen LogP contribution is 2.27. The van der Waals surface area contributed by atoms with Gasteiger partial charge >= 0.3 is 0 Å². The summed E-state index contributed by atoms with van der Waals surface area (Å²) >= 11 is 5.88. The third-order valence-corrected chi connectivity index (χ3v) is 4.77. The van der Waals surface area contributed by atoms with E-state index >= 15 is 0 Å². The van der Waals surface area contributed by atoms with Crippen molar-refractivity contribution in [2.24, 2.45) is 5.92 Å². The summed E-state index contributed by atoms with van der Waals surface area (Å²) in [5, 5.41) is 3.46. The van der Waals surface area contributed by atoms with Crippen molar-refractivity contribution in [1.82, 2.24) is 10.2 Å². The molecule has 1 aliphatic rings. The Labute approximate surface area is 163 Å². The Kier molecular flexibility index (Phi) is 5.61. The topological polar surface area (TPSA) is 66.5 Å². The molecular formula is C21H21ClN2O3. The van der Waals surface area contributed by atoms with E-state index in [1.807, 2.05) is 26.0 Å². The van der Waals surface area contributed by atoms with Gasteiger partial charge in [0.2, 0.25) is 5.91 Å². The normalized spacial score (nSPS) is 14.4. The molecule has 2 aromatic rings. The van der Waals surface area contributed by atoms with E-state index in [9.17, 15) is 14.4 Å². The van der Waals surface area contributed by atoms with Gasteiger partial charge in [-0.2, -0.15) is 0 Å². The number of carbonyl (C=O) groups is 3. The average Bonchev–Trinajstić information content (AvgIpc) is 2.90. The zero-order chi connectivity index (χ0) is 19.6. The molecule has 140 valence electrons. The van der Waals surface area contributed by atoms with E-state index < -0.39 is 17.9 Å². The number of amides is 3. The molecule has 1 aliphatic heterocycles. The number of hydrogen-bond donors (Lipinski definition) is 1. The van der Waals surface area contributed by atoms with Crippen LogP contribution in [0.1, 0.15) is 46.5 Å². The van der Waals surface area contributed by atoms with Crippen LogP contribution in [0.25, 0.3) is 0 Å². The molecule has 0 saturated heterocycles. The number of carbonyl (C=O) groups excluding carboxylic acids is 3. The first kappa shape index (κ1) is 19.1. The van der Waals surface area contributed by atoms with Crippen LogP contribution in [0.15, 0.2) is 48.5 Å². The second-order valence-corrected chi connectivity index (χ2v) is 7.45. The zero-order valence-electron chi connectivity index (χ0n) is 15.2. The molecule has 2 aromatic carbocycles. The SMILES string of the molecule is CC(C)C[C@@H](C(=O)NCc1ccc(Cl)cc1)N1C(=O)c2ccccc2C1=O. The Balaban J connectivity index is 1.79. The van der Waals surface area contributed by atoms with Gasteiger partial charge in [0, 0.05) is 11.6 Å². The third-order valence-electron chi connectivity index (χ3n) is 4.51. The molecule has 6 heteroatoms. The van der Waals surface area contributed by atoms with Gasteiger partial charge in [0.05, 0.1) is 11.1 Å². The fourth-order valence-corrected chi connectivity index (χ4v) is 3.30. The maximum absolute atomic E-state index is 12.9. The summed E-state index contributed by atoms with van der Waals surface area (Å²) in [6.07, 6.45) is 0.401. The first-order valence-electron chi connectivity index (χ1n) is 8.87. The van der Waals surface area contributed by atoms with Gasteiger partial charge in [0.15, 0.2) is 0 Å². The average molecular weight is 385 g/mol. The highest BCUT2D eigenvalue weighted by Gasteiger charge is 2.42. The van der Waals surface area contributed by atoms with E-state index in [4.69, 9.17) is 11.6 Å². The van der Waals surface area contributed by atoms with Gasteiger partial charge in [-0.3, -0.25) is 19.3 Å². The summed E-state index contributed by atoms with van der Waals surface area (Å²) in [4.78, 5) is 39.5. The Hall–Kier alpha value is -2.66. The van der Waals surface area contributed by atoms with Crippen LogP contribution in [0, 0.1) is 5.92 Å². The molecule has 1 N–H and O–H groups in total. The van der Waals surface area contributed by atoms with E-state index in [0.717, 1.165) is 10.5 Å². The maximum Gasteiger partial charge on any atom is 0.262 e. The molecule has 5 nitrogen and oxygen atoms in total. The van der Waals surface area contributed by atoms with Crippen LogP contribution in [0.2, 0.25) is 5.02 Å². The van der Waals surface area contributed by atoms with E-state index in [2.05, 4.69) is 5.32 Å². The van der Waals surface area contributed by atoms with E-state index in [1.54, 1.807) is 36.4 Å². The number of benzene rings is 2. The minimum absolute atomic E-state index is 0.139. The lowest BCUT2D eigenvalue weighted by molar-refractivity contribution is -0.125. The smallest absolute Gasteiger partial charge is 0.262 e. The van der Waals surface area contributed by atoms with Gasteiger partial charge in [-0.05, 0) is 42.2 Å². The standard InChI is InChI=1S/C21H21ClN2O3/c1-13(2)11-18(19(25)23-12-14-7-9-15(22)10-8-14)24-20(26)16-5-3-4-6-17(16)21(24)27/h3-10,13,18H,11-12H2,1-2H3,(H,23,25)/t18-/m0/s1. The molecule has 27 heavy (non-hydrogen) atoms. The monoisotopic (exact) mass is 384 g/mol. The van der Waals surface area contributed by atoms with Crippen molar-refractivity contribution in [3.05, 3.63) is 70.2 Å². The lowest BCUT2D eigenvalue weighted by Crippen LogP contribution is -2.50. The van der Waals surface area contributed by atoms with Crippen molar-refractivity contribution in [3.8, 4) is 0 Å². The molecule has 3 amide bonds. The van der Waals surface area contributed by atoms with Crippen LogP contribution in [0.5, 0.6) is 0 Å². The van der Waals surface area contributed by atoms with Gasteiger partial charge < -0.3 is 5.32 Å². The Bertz CT molecular complexity index is 842. The largest absolute Gasteiger partial charge is 0.350 e. The molecule has 0 spiro atoms. The second-order valence-electron chi connectivity index (χ2n) is 7.02. The van der Waals surface area contributed by atoms with Crippen LogP contribution in [0.4, 0.5) is 0 Å². The molecule has 0 aliphatic carbocycles. The predicted octanol–water partition coefficient (Wildman–Crippen LogP) is 3.67. The number of nitrogens with zero attached hydrogens (tertiary/aromatic N) is 1. The summed E-state index contributed by atoms with van der Waals surface area (Å²) in [5.41, 5.74) is 1.59. The van der Waals surface area contributed by atoms with Gasteiger partial charge in [0.1, 0.15) is 6.04 Å². The molecule has 0 aromatic heterocycles. The van der Waals surface area contributed by atoms with Crippen molar-refractivity contribution < 1.29 is 14.4 Å².